The molecule has 1 aromatic rings. The summed E-state index contributed by atoms with van der Waals surface area (Å²) < 4.78 is 0. The van der Waals surface area contributed by atoms with E-state index in [9.17, 15) is 0 Å². The summed E-state index contributed by atoms with van der Waals surface area (Å²) in [6, 6.07) is 10.3. The highest BCUT2D eigenvalue weighted by molar-refractivity contribution is 5.16. The molecule has 0 aromatic heterocycles. The monoisotopic (exact) mass is 188 g/mol. The van der Waals surface area contributed by atoms with E-state index >= 15 is 0 Å². The van der Waals surface area contributed by atoms with Crippen molar-refractivity contribution in [1.82, 2.24) is 0 Å². The van der Waals surface area contributed by atoms with Crippen LogP contribution in [0.3, 0.4) is 0 Å². The highest BCUT2D eigenvalue weighted by Gasteiger charge is 1.88. The summed E-state index contributed by atoms with van der Waals surface area (Å²) in [5.41, 5.74) is 1.33. The van der Waals surface area contributed by atoms with Crippen LogP contribution in [0.1, 0.15) is 18.9 Å². The van der Waals surface area contributed by atoms with Crippen LogP contribution in [0.25, 0.3) is 0 Å². The first-order valence-corrected chi connectivity index (χ1v) is 4.88. The molecule has 0 aliphatic heterocycles. The van der Waals surface area contributed by atoms with Crippen LogP contribution < -0.4 is 0 Å². The Labute approximate surface area is 85.4 Å². The molecule has 0 radical (unpaired) electrons. The van der Waals surface area contributed by atoms with Crippen LogP contribution in [0.2, 0.25) is 0 Å². The molecule has 0 bridgehead atoms. The van der Waals surface area contributed by atoms with Gasteiger partial charge in [-0.15, -0.1) is 0 Å². The minimum atomic E-state index is 0.332. The average Bonchev–Trinajstić information content (AvgIpc) is 2.25. The predicted molar refractivity (Wildman–Crippen MR) is 60.3 cm³/mol. The molecule has 0 aliphatic rings. The summed E-state index contributed by atoms with van der Waals surface area (Å²) in [6.07, 6.45) is 7.39. The fourth-order valence-electron chi connectivity index (χ4n) is 1.19. The lowest BCUT2D eigenvalue weighted by Gasteiger charge is -1.96. The van der Waals surface area contributed by atoms with E-state index in [0.717, 1.165) is 12.8 Å². The molecule has 1 N–H and O–H groups in total. The Hall–Kier alpha value is -1.50. The zero-order valence-electron chi connectivity index (χ0n) is 8.48. The van der Waals surface area contributed by atoms with Crippen molar-refractivity contribution in [2.45, 2.75) is 19.8 Å². The van der Waals surface area contributed by atoms with Gasteiger partial charge in [-0.2, -0.15) is 0 Å². The van der Waals surface area contributed by atoms with Gasteiger partial charge in [0.15, 0.2) is 0 Å². The maximum absolute atomic E-state index is 9.13. The molecule has 74 valence electrons. The highest BCUT2D eigenvalue weighted by Crippen LogP contribution is 2.03. The SMILES string of the molecule is C/C=C(O)\C=C/CCc1ccccc1. The minimum absolute atomic E-state index is 0.332. The summed E-state index contributed by atoms with van der Waals surface area (Å²) in [7, 11) is 0. The van der Waals surface area contributed by atoms with Crippen LogP contribution in [-0.4, -0.2) is 5.11 Å². The maximum atomic E-state index is 9.13. The van der Waals surface area contributed by atoms with Crippen molar-refractivity contribution in [1.29, 1.82) is 0 Å². The fraction of sp³-hybridized carbons (Fsp3) is 0.231. The number of hydrogen-bond acceptors (Lipinski definition) is 1. The van der Waals surface area contributed by atoms with Crippen LogP contribution in [0.15, 0.2) is 54.3 Å². The molecule has 14 heavy (non-hydrogen) atoms. The second-order valence-electron chi connectivity index (χ2n) is 3.14. The third kappa shape index (κ3) is 3.94. The molecule has 0 saturated carbocycles. The number of aryl methyl sites for hydroxylation is 1. The van der Waals surface area contributed by atoms with E-state index < -0.39 is 0 Å². The third-order valence-electron chi connectivity index (χ3n) is 2.03. The van der Waals surface area contributed by atoms with Crippen molar-refractivity contribution < 1.29 is 5.11 Å². The molecule has 0 aliphatic carbocycles. The zero-order valence-corrected chi connectivity index (χ0v) is 8.48. The van der Waals surface area contributed by atoms with Crippen LogP contribution >= 0.6 is 0 Å². The van der Waals surface area contributed by atoms with Gasteiger partial charge >= 0.3 is 0 Å². The summed E-state index contributed by atoms with van der Waals surface area (Å²) in [4.78, 5) is 0. The Bertz CT molecular complexity index is 309. The van der Waals surface area contributed by atoms with Crippen LogP contribution in [-0.2, 0) is 6.42 Å². The number of benzene rings is 1. The Balaban J connectivity index is 2.32. The lowest BCUT2D eigenvalue weighted by molar-refractivity contribution is 0.431. The molecule has 0 amide bonds. The van der Waals surface area contributed by atoms with Gasteiger partial charge in [-0.1, -0.05) is 36.4 Å². The molecule has 1 aromatic carbocycles. The van der Waals surface area contributed by atoms with E-state index in [1.54, 1.807) is 12.2 Å². The Morgan fingerprint density at radius 1 is 1.29 bits per heavy atom. The van der Waals surface area contributed by atoms with Gasteiger partial charge in [0.1, 0.15) is 5.76 Å². The smallest absolute Gasteiger partial charge is 0.110 e. The van der Waals surface area contributed by atoms with Crippen molar-refractivity contribution in [2.75, 3.05) is 0 Å². The number of aliphatic hydroxyl groups excluding tert-OH is 1. The summed E-state index contributed by atoms with van der Waals surface area (Å²) in [6.45, 7) is 1.82. The molecule has 1 nitrogen and oxygen atoms in total. The molecular formula is C13H16O. The quantitative estimate of drug-likeness (QED) is 0.565. The van der Waals surface area contributed by atoms with Gasteiger partial charge in [0, 0.05) is 0 Å². The first kappa shape index (κ1) is 10.6. The Kier molecular flexibility index (Phi) is 4.56. The Morgan fingerprint density at radius 2 is 2.00 bits per heavy atom. The molecule has 0 unspecified atom stereocenters. The van der Waals surface area contributed by atoms with Crippen molar-refractivity contribution >= 4 is 0 Å². The zero-order chi connectivity index (χ0) is 10.2. The van der Waals surface area contributed by atoms with Gasteiger partial charge in [-0.05, 0) is 37.5 Å². The summed E-state index contributed by atoms with van der Waals surface area (Å²) in [5.74, 6) is 0.332. The molecule has 0 heterocycles. The van der Waals surface area contributed by atoms with E-state index in [-0.39, 0.29) is 0 Å². The first-order valence-electron chi connectivity index (χ1n) is 4.88. The van der Waals surface area contributed by atoms with E-state index in [0.29, 0.717) is 5.76 Å². The number of allylic oxidation sites excluding steroid dienone is 3. The van der Waals surface area contributed by atoms with Crippen molar-refractivity contribution in [2.24, 2.45) is 0 Å². The van der Waals surface area contributed by atoms with Crippen LogP contribution in [0.4, 0.5) is 0 Å². The molecular weight excluding hydrogens is 172 g/mol. The van der Waals surface area contributed by atoms with Crippen LogP contribution in [0.5, 0.6) is 0 Å². The average molecular weight is 188 g/mol. The summed E-state index contributed by atoms with van der Waals surface area (Å²) >= 11 is 0. The fourth-order valence-corrected chi connectivity index (χ4v) is 1.19. The summed E-state index contributed by atoms with van der Waals surface area (Å²) in [5, 5.41) is 9.13. The first-order chi connectivity index (χ1) is 6.83. The van der Waals surface area contributed by atoms with Crippen molar-refractivity contribution in [3.63, 3.8) is 0 Å². The van der Waals surface area contributed by atoms with E-state index in [2.05, 4.69) is 12.1 Å². The van der Waals surface area contributed by atoms with E-state index in [4.69, 9.17) is 5.11 Å². The van der Waals surface area contributed by atoms with E-state index in [1.807, 2.05) is 31.2 Å². The van der Waals surface area contributed by atoms with Gasteiger partial charge in [0.05, 0.1) is 0 Å². The Morgan fingerprint density at radius 3 is 2.64 bits per heavy atom. The second kappa shape index (κ2) is 6.03. The molecule has 1 heteroatoms. The van der Waals surface area contributed by atoms with Crippen LogP contribution in [0, 0.1) is 0 Å². The number of hydrogen-bond donors (Lipinski definition) is 1. The lowest BCUT2D eigenvalue weighted by Crippen LogP contribution is -1.81. The van der Waals surface area contributed by atoms with Gasteiger partial charge in [-0.3, -0.25) is 0 Å². The van der Waals surface area contributed by atoms with E-state index in [1.165, 1.54) is 5.56 Å². The number of aliphatic hydroxyl groups is 1. The molecule has 0 spiro atoms. The minimum Gasteiger partial charge on any atom is -0.508 e. The largest absolute Gasteiger partial charge is 0.508 e. The maximum Gasteiger partial charge on any atom is 0.110 e. The second-order valence-corrected chi connectivity index (χ2v) is 3.14. The van der Waals surface area contributed by atoms with Gasteiger partial charge < -0.3 is 5.11 Å². The standard InChI is InChI=1S/C13H16O/c1-2-13(14)11-7-6-10-12-8-4-3-5-9-12/h2-5,7-9,11,14H,6,10H2,1H3/b11-7-,13-2+. The molecule has 0 atom stereocenters. The van der Waals surface area contributed by atoms with Gasteiger partial charge in [0.2, 0.25) is 0 Å². The lowest BCUT2D eigenvalue weighted by atomic mass is 10.1. The predicted octanol–water partition coefficient (Wildman–Crippen LogP) is 3.64. The molecule has 0 saturated heterocycles. The van der Waals surface area contributed by atoms with Gasteiger partial charge in [0.25, 0.3) is 0 Å². The highest BCUT2D eigenvalue weighted by atomic mass is 16.3. The van der Waals surface area contributed by atoms with Gasteiger partial charge in [-0.25, -0.2) is 0 Å². The van der Waals surface area contributed by atoms with Crippen molar-refractivity contribution in [3.8, 4) is 0 Å². The molecule has 1 rings (SSSR count). The number of rotatable bonds is 4. The third-order valence-corrected chi connectivity index (χ3v) is 2.03. The molecule has 0 fully saturated rings. The normalized spacial score (nSPS) is 12.2. The topological polar surface area (TPSA) is 20.2 Å². The van der Waals surface area contributed by atoms with Crippen molar-refractivity contribution in [3.05, 3.63) is 59.9 Å².